The summed E-state index contributed by atoms with van der Waals surface area (Å²) in [7, 11) is 2.05. The van der Waals surface area contributed by atoms with E-state index < -0.39 is 0 Å². The van der Waals surface area contributed by atoms with Gasteiger partial charge in [-0.05, 0) is 55.1 Å². The van der Waals surface area contributed by atoms with Gasteiger partial charge in [0.15, 0.2) is 0 Å². The Morgan fingerprint density at radius 1 is 1.39 bits per heavy atom. The van der Waals surface area contributed by atoms with E-state index in [1.54, 1.807) is 11.3 Å². The number of hydrogen-bond donors (Lipinski definition) is 1. The van der Waals surface area contributed by atoms with Crippen LogP contribution in [0.5, 0.6) is 0 Å². The normalized spacial score (nSPS) is 20.8. The van der Waals surface area contributed by atoms with Gasteiger partial charge in [0.1, 0.15) is 0 Å². The molecule has 0 aromatic carbocycles. The van der Waals surface area contributed by atoms with E-state index in [9.17, 15) is 0 Å². The fourth-order valence-electron chi connectivity index (χ4n) is 3.13. The zero-order valence-electron chi connectivity index (χ0n) is 11.5. The van der Waals surface area contributed by atoms with E-state index in [0.717, 1.165) is 12.5 Å². The van der Waals surface area contributed by atoms with Crippen molar-refractivity contribution in [2.75, 3.05) is 13.7 Å². The van der Waals surface area contributed by atoms with E-state index in [1.807, 2.05) is 0 Å². The van der Waals surface area contributed by atoms with Crippen molar-refractivity contribution >= 4 is 11.3 Å². The zero-order valence-corrected chi connectivity index (χ0v) is 12.3. The number of hydrogen-bond acceptors (Lipinski definition) is 3. The van der Waals surface area contributed by atoms with Crippen LogP contribution in [0.15, 0.2) is 16.8 Å². The fourth-order valence-corrected chi connectivity index (χ4v) is 3.83. The highest BCUT2D eigenvalue weighted by Crippen LogP contribution is 2.34. The molecule has 2 unspecified atom stereocenters. The molecule has 0 aliphatic heterocycles. The maximum Gasteiger partial charge on any atom is 0.0797 e. The third-order valence-electron chi connectivity index (χ3n) is 4.02. The lowest BCUT2D eigenvalue weighted by atomic mass is 9.81. The van der Waals surface area contributed by atoms with Crippen molar-refractivity contribution in [2.24, 2.45) is 5.92 Å². The summed E-state index contributed by atoms with van der Waals surface area (Å²) in [6, 6.07) is 2.57. The largest absolute Gasteiger partial charge is 0.376 e. The van der Waals surface area contributed by atoms with E-state index in [0.29, 0.717) is 12.1 Å². The molecule has 0 amide bonds. The van der Waals surface area contributed by atoms with Crippen LogP contribution >= 0.6 is 11.3 Å². The molecule has 1 aromatic heterocycles. The van der Waals surface area contributed by atoms with Crippen molar-refractivity contribution in [2.45, 2.75) is 51.2 Å². The molecule has 1 fully saturated rings. The molecule has 1 N–H and O–H groups in total. The SMILES string of the molecule is CCOC(C1CCCCC1)C(NC)c1ccsc1. The number of thiophene rings is 1. The Hall–Kier alpha value is -0.380. The molecule has 2 nitrogen and oxygen atoms in total. The highest BCUT2D eigenvalue weighted by atomic mass is 32.1. The maximum absolute atomic E-state index is 6.10. The Bertz CT molecular complexity index is 319. The number of likely N-dealkylation sites (N-methyl/N-ethyl adjacent to an activating group) is 1. The van der Waals surface area contributed by atoms with E-state index in [2.05, 4.69) is 36.1 Å². The molecular weight excluding hydrogens is 242 g/mol. The Morgan fingerprint density at radius 2 is 2.17 bits per heavy atom. The second-order valence-electron chi connectivity index (χ2n) is 5.14. The van der Waals surface area contributed by atoms with Crippen molar-refractivity contribution in [3.8, 4) is 0 Å². The van der Waals surface area contributed by atoms with Gasteiger partial charge in [-0.3, -0.25) is 0 Å². The Morgan fingerprint density at radius 3 is 2.72 bits per heavy atom. The second kappa shape index (κ2) is 7.27. The number of rotatable bonds is 6. The van der Waals surface area contributed by atoms with Crippen LogP contribution in [0.4, 0.5) is 0 Å². The van der Waals surface area contributed by atoms with Gasteiger partial charge >= 0.3 is 0 Å². The van der Waals surface area contributed by atoms with Crippen LogP contribution in [0.3, 0.4) is 0 Å². The third-order valence-corrected chi connectivity index (χ3v) is 4.72. The molecule has 2 rings (SSSR count). The molecule has 1 aromatic rings. The Balaban J connectivity index is 2.11. The molecule has 3 heteroatoms. The van der Waals surface area contributed by atoms with Crippen molar-refractivity contribution in [3.05, 3.63) is 22.4 Å². The lowest BCUT2D eigenvalue weighted by Crippen LogP contribution is -2.38. The Kier molecular flexibility index (Phi) is 5.67. The van der Waals surface area contributed by atoms with Gasteiger partial charge in [0.05, 0.1) is 12.1 Å². The fraction of sp³-hybridized carbons (Fsp3) is 0.733. The smallest absolute Gasteiger partial charge is 0.0797 e. The molecule has 1 aliphatic rings. The first-order chi connectivity index (χ1) is 8.86. The van der Waals surface area contributed by atoms with Gasteiger partial charge in [0, 0.05) is 6.61 Å². The first kappa shape index (κ1) is 14.0. The van der Waals surface area contributed by atoms with Gasteiger partial charge in [-0.1, -0.05) is 19.3 Å². The molecule has 1 saturated carbocycles. The van der Waals surface area contributed by atoms with E-state index >= 15 is 0 Å². The molecular formula is C15H25NOS. The molecule has 0 radical (unpaired) electrons. The minimum Gasteiger partial charge on any atom is -0.376 e. The molecule has 18 heavy (non-hydrogen) atoms. The molecule has 0 bridgehead atoms. The van der Waals surface area contributed by atoms with Crippen LogP contribution in [0.25, 0.3) is 0 Å². The average molecular weight is 267 g/mol. The van der Waals surface area contributed by atoms with Crippen molar-refractivity contribution in [1.29, 1.82) is 0 Å². The molecule has 102 valence electrons. The summed E-state index contributed by atoms with van der Waals surface area (Å²) in [6.45, 7) is 2.92. The summed E-state index contributed by atoms with van der Waals surface area (Å²) >= 11 is 1.77. The first-order valence-corrected chi connectivity index (χ1v) is 8.12. The number of ether oxygens (including phenoxy) is 1. The number of nitrogens with one attached hydrogen (secondary N) is 1. The summed E-state index contributed by atoms with van der Waals surface area (Å²) in [5.41, 5.74) is 1.38. The lowest BCUT2D eigenvalue weighted by molar-refractivity contribution is -0.0166. The second-order valence-corrected chi connectivity index (χ2v) is 5.92. The average Bonchev–Trinajstić information content (AvgIpc) is 2.94. The van der Waals surface area contributed by atoms with Gasteiger partial charge in [0.2, 0.25) is 0 Å². The lowest BCUT2D eigenvalue weighted by Gasteiger charge is -2.35. The van der Waals surface area contributed by atoms with Gasteiger partial charge in [-0.25, -0.2) is 0 Å². The Labute approximate surface area is 115 Å². The van der Waals surface area contributed by atoms with Crippen LogP contribution < -0.4 is 5.32 Å². The van der Waals surface area contributed by atoms with Gasteiger partial charge in [-0.15, -0.1) is 0 Å². The third kappa shape index (κ3) is 3.34. The van der Waals surface area contributed by atoms with Crippen LogP contribution in [0.1, 0.15) is 50.6 Å². The van der Waals surface area contributed by atoms with Crippen molar-refractivity contribution < 1.29 is 4.74 Å². The predicted octanol–water partition coefficient (Wildman–Crippen LogP) is 3.99. The molecule has 1 heterocycles. The maximum atomic E-state index is 6.10. The van der Waals surface area contributed by atoms with Gasteiger partial charge in [0.25, 0.3) is 0 Å². The first-order valence-electron chi connectivity index (χ1n) is 7.17. The monoisotopic (exact) mass is 267 g/mol. The van der Waals surface area contributed by atoms with Crippen LogP contribution in [0, 0.1) is 5.92 Å². The molecule has 1 aliphatic carbocycles. The van der Waals surface area contributed by atoms with E-state index in [4.69, 9.17) is 4.74 Å². The van der Waals surface area contributed by atoms with E-state index in [1.165, 1.54) is 37.7 Å². The van der Waals surface area contributed by atoms with E-state index in [-0.39, 0.29) is 0 Å². The molecule has 2 atom stereocenters. The summed E-state index contributed by atoms with van der Waals surface area (Å²) in [6.07, 6.45) is 7.12. The quantitative estimate of drug-likeness (QED) is 0.841. The van der Waals surface area contributed by atoms with Gasteiger partial charge in [-0.2, -0.15) is 11.3 Å². The molecule has 0 spiro atoms. The summed E-state index contributed by atoms with van der Waals surface area (Å²) in [5, 5.41) is 7.87. The topological polar surface area (TPSA) is 21.3 Å². The summed E-state index contributed by atoms with van der Waals surface area (Å²) in [5.74, 6) is 0.719. The van der Waals surface area contributed by atoms with Gasteiger partial charge < -0.3 is 10.1 Å². The van der Waals surface area contributed by atoms with Crippen LogP contribution in [-0.4, -0.2) is 19.8 Å². The van der Waals surface area contributed by atoms with Crippen molar-refractivity contribution in [1.82, 2.24) is 5.32 Å². The summed E-state index contributed by atoms with van der Waals surface area (Å²) in [4.78, 5) is 0. The van der Waals surface area contributed by atoms with Crippen LogP contribution in [-0.2, 0) is 4.74 Å². The highest BCUT2D eigenvalue weighted by Gasteiger charge is 2.31. The van der Waals surface area contributed by atoms with Crippen LogP contribution in [0.2, 0.25) is 0 Å². The zero-order chi connectivity index (χ0) is 12.8. The minimum atomic E-state index is 0.329. The highest BCUT2D eigenvalue weighted by molar-refractivity contribution is 7.07. The predicted molar refractivity (Wildman–Crippen MR) is 78.1 cm³/mol. The molecule has 0 saturated heterocycles. The minimum absolute atomic E-state index is 0.329. The van der Waals surface area contributed by atoms with Crippen molar-refractivity contribution in [3.63, 3.8) is 0 Å². The standard InChI is InChI=1S/C15H25NOS/c1-3-17-15(12-7-5-4-6-8-12)14(16-2)13-9-10-18-11-13/h9-12,14-16H,3-8H2,1-2H3. The summed E-state index contributed by atoms with van der Waals surface area (Å²) < 4.78 is 6.10.